The fourth-order valence-corrected chi connectivity index (χ4v) is 1.86. The van der Waals surface area contributed by atoms with Crippen LogP contribution in [0.1, 0.15) is 33.0 Å². The Morgan fingerprint density at radius 3 is 2.50 bits per heavy atom. The average Bonchev–Trinajstić information content (AvgIpc) is 2.62. The minimum Gasteiger partial charge on any atom is -0.411 e. The highest BCUT2D eigenvalue weighted by atomic mass is 16.4. The van der Waals surface area contributed by atoms with Crippen molar-refractivity contribution in [2.45, 2.75) is 6.42 Å². The molecule has 0 radical (unpaired) electrons. The van der Waals surface area contributed by atoms with Crippen LogP contribution in [0.25, 0.3) is 0 Å². The van der Waals surface area contributed by atoms with E-state index in [1.807, 2.05) is 0 Å². The predicted octanol–water partition coefficient (Wildman–Crippen LogP) is 0.835. The number of rotatable bonds is 7. The van der Waals surface area contributed by atoms with E-state index in [0.29, 0.717) is 36.5 Å². The first kappa shape index (κ1) is 17.1. The SMILES string of the molecule is O=C(NCCCNC(=O)c1ccccn1)c1ccc(/C=N/O)nc1. The molecule has 2 aromatic heterocycles. The maximum atomic E-state index is 11.9. The molecule has 2 aromatic rings. The van der Waals surface area contributed by atoms with Crippen LogP contribution in [-0.4, -0.2) is 46.3 Å². The minimum absolute atomic E-state index is 0.243. The molecule has 3 N–H and O–H groups in total. The normalized spacial score (nSPS) is 10.5. The standard InChI is InChI=1S/C16H17N5O3/c22-15(12-5-6-13(11-21-24)20-10-12)18-8-3-9-19-16(23)14-4-1-2-7-17-14/h1-2,4-7,10-11,24H,3,8-9H2,(H,18,22)(H,19,23)/b21-11+. The number of pyridine rings is 2. The lowest BCUT2D eigenvalue weighted by molar-refractivity contribution is 0.0948. The number of amides is 2. The molecule has 2 rings (SSSR count). The molecule has 0 fully saturated rings. The highest BCUT2D eigenvalue weighted by Gasteiger charge is 2.07. The zero-order chi connectivity index (χ0) is 17.2. The molecule has 0 aromatic carbocycles. The van der Waals surface area contributed by atoms with E-state index < -0.39 is 0 Å². The zero-order valence-corrected chi connectivity index (χ0v) is 12.8. The van der Waals surface area contributed by atoms with Gasteiger partial charge < -0.3 is 15.8 Å². The van der Waals surface area contributed by atoms with Gasteiger partial charge in [-0.2, -0.15) is 0 Å². The molecule has 124 valence electrons. The van der Waals surface area contributed by atoms with Crippen LogP contribution in [0.3, 0.4) is 0 Å². The minimum atomic E-state index is -0.258. The maximum absolute atomic E-state index is 11.9. The van der Waals surface area contributed by atoms with Gasteiger partial charge in [0.25, 0.3) is 11.8 Å². The number of hydrogen-bond acceptors (Lipinski definition) is 6. The van der Waals surface area contributed by atoms with Crippen molar-refractivity contribution < 1.29 is 14.8 Å². The van der Waals surface area contributed by atoms with Gasteiger partial charge >= 0.3 is 0 Å². The molecule has 0 unspecified atom stereocenters. The quantitative estimate of drug-likeness (QED) is 0.301. The molecule has 0 aliphatic rings. The van der Waals surface area contributed by atoms with Crippen LogP contribution in [0.15, 0.2) is 47.9 Å². The van der Waals surface area contributed by atoms with Crippen LogP contribution in [-0.2, 0) is 0 Å². The number of aromatic nitrogens is 2. The van der Waals surface area contributed by atoms with E-state index in [-0.39, 0.29) is 11.8 Å². The second kappa shape index (κ2) is 8.99. The second-order valence-electron chi connectivity index (χ2n) is 4.80. The highest BCUT2D eigenvalue weighted by Crippen LogP contribution is 1.99. The predicted molar refractivity (Wildman–Crippen MR) is 87.1 cm³/mol. The molecule has 0 bridgehead atoms. The van der Waals surface area contributed by atoms with Crippen molar-refractivity contribution in [3.05, 3.63) is 59.7 Å². The lowest BCUT2D eigenvalue weighted by Gasteiger charge is -2.06. The van der Waals surface area contributed by atoms with E-state index in [0.717, 1.165) is 0 Å². The van der Waals surface area contributed by atoms with Crippen molar-refractivity contribution in [1.29, 1.82) is 0 Å². The van der Waals surface area contributed by atoms with Crippen molar-refractivity contribution in [1.82, 2.24) is 20.6 Å². The van der Waals surface area contributed by atoms with Gasteiger partial charge in [-0.05, 0) is 30.7 Å². The van der Waals surface area contributed by atoms with Crippen LogP contribution in [0.2, 0.25) is 0 Å². The van der Waals surface area contributed by atoms with Crippen molar-refractivity contribution in [3.8, 4) is 0 Å². The molecule has 24 heavy (non-hydrogen) atoms. The van der Waals surface area contributed by atoms with Gasteiger partial charge in [0.05, 0.1) is 17.5 Å². The Bertz CT molecular complexity index is 701. The van der Waals surface area contributed by atoms with Gasteiger partial charge in [0.1, 0.15) is 5.69 Å². The van der Waals surface area contributed by atoms with Gasteiger partial charge in [-0.3, -0.25) is 19.6 Å². The van der Waals surface area contributed by atoms with Crippen molar-refractivity contribution in [2.75, 3.05) is 13.1 Å². The molecule has 2 heterocycles. The molecule has 0 saturated heterocycles. The summed E-state index contributed by atoms with van der Waals surface area (Å²) in [7, 11) is 0. The average molecular weight is 327 g/mol. The summed E-state index contributed by atoms with van der Waals surface area (Å²) in [5, 5.41) is 16.7. The van der Waals surface area contributed by atoms with Gasteiger partial charge in [-0.1, -0.05) is 11.2 Å². The summed E-state index contributed by atoms with van der Waals surface area (Å²) < 4.78 is 0. The molecule has 0 aliphatic heterocycles. The molecule has 8 nitrogen and oxygen atoms in total. The zero-order valence-electron chi connectivity index (χ0n) is 12.8. The van der Waals surface area contributed by atoms with Crippen molar-refractivity contribution in [2.24, 2.45) is 5.16 Å². The van der Waals surface area contributed by atoms with Gasteiger partial charge in [0.15, 0.2) is 0 Å². The Morgan fingerprint density at radius 1 is 1.08 bits per heavy atom. The Labute approximate surface area is 138 Å². The van der Waals surface area contributed by atoms with Gasteiger partial charge in [0, 0.05) is 25.5 Å². The van der Waals surface area contributed by atoms with Crippen LogP contribution in [0.5, 0.6) is 0 Å². The summed E-state index contributed by atoms with van der Waals surface area (Å²) in [4.78, 5) is 31.6. The van der Waals surface area contributed by atoms with E-state index in [1.165, 1.54) is 12.4 Å². The first-order valence-electron chi connectivity index (χ1n) is 7.31. The molecular weight excluding hydrogens is 310 g/mol. The Balaban J connectivity index is 1.68. The molecule has 0 spiro atoms. The third-order valence-electron chi connectivity index (χ3n) is 3.06. The number of oxime groups is 1. The Morgan fingerprint density at radius 2 is 1.88 bits per heavy atom. The van der Waals surface area contributed by atoms with Crippen LogP contribution >= 0.6 is 0 Å². The fourth-order valence-electron chi connectivity index (χ4n) is 1.86. The van der Waals surface area contributed by atoms with Crippen LogP contribution in [0, 0.1) is 0 Å². The third kappa shape index (κ3) is 5.16. The summed E-state index contributed by atoms with van der Waals surface area (Å²) in [6.07, 6.45) is 4.72. The number of hydrogen-bond donors (Lipinski definition) is 3. The smallest absolute Gasteiger partial charge is 0.269 e. The first-order chi connectivity index (χ1) is 11.7. The van der Waals surface area contributed by atoms with E-state index in [2.05, 4.69) is 25.8 Å². The highest BCUT2D eigenvalue weighted by molar-refractivity contribution is 5.94. The summed E-state index contributed by atoms with van der Waals surface area (Å²) in [5.41, 5.74) is 1.22. The maximum Gasteiger partial charge on any atom is 0.269 e. The van der Waals surface area contributed by atoms with Gasteiger partial charge in [-0.15, -0.1) is 0 Å². The summed E-state index contributed by atoms with van der Waals surface area (Å²) in [5.74, 6) is -0.502. The first-order valence-corrected chi connectivity index (χ1v) is 7.31. The lowest BCUT2D eigenvalue weighted by atomic mass is 10.2. The van der Waals surface area contributed by atoms with Gasteiger partial charge in [-0.25, -0.2) is 0 Å². The Hall–Kier alpha value is -3.29. The summed E-state index contributed by atoms with van der Waals surface area (Å²) >= 11 is 0. The van der Waals surface area contributed by atoms with Crippen LogP contribution < -0.4 is 10.6 Å². The number of nitrogens with zero attached hydrogens (tertiary/aromatic N) is 3. The topological polar surface area (TPSA) is 117 Å². The van der Waals surface area contributed by atoms with Crippen molar-refractivity contribution >= 4 is 18.0 Å². The van der Waals surface area contributed by atoms with E-state index in [4.69, 9.17) is 5.21 Å². The number of nitrogens with one attached hydrogen (secondary N) is 2. The van der Waals surface area contributed by atoms with E-state index in [9.17, 15) is 9.59 Å². The number of carbonyl (C=O) groups excluding carboxylic acids is 2. The second-order valence-corrected chi connectivity index (χ2v) is 4.80. The van der Waals surface area contributed by atoms with Gasteiger partial charge in [0.2, 0.25) is 0 Å². The largest absolute Gasteiger partial charge is 0.411 e. The monoisotopic (exact) mass is 327 g/mol. The number of carbonyl (C=O) groups is 2. The molecule has 8 heteroatoms. The molecule has 0 saturated carbocycles. The molecule has 0 atom stereocenters. The molecule has 2 amide bonds. The Kier molecular flexibility index (Phi) is 6.39. The summed E-state index contributed by atoms with van der Waals surface area (Å²) in [6.45, 7) is 0.848. The van der Waals surface area contributed by atoms with Crippen molar-refractivity contribution in [3.63, 3.8) is 0 Å². The molecule has 0 aliphatic carbocycles. The van der Waals surface area contributed by atoms with Crippen LogP contribution in [0.4, 0.5) is 0 Å². The van der Waals surface area contributed by atoms with E-state index in [1.54, 1.807) is 36.5 Å². The lowest BCUT2D eigenvalue weighted by Crippen LogP contribution is -2.30. The third-order valence-corrected chi connectivity index (χ3v) is 3.06. The van der Waals surface area contributed by atoms with E-state index >= 15 is 0 Å². The fraction of sp³-hybridized carbons (Fsp3) is 0.188. The summed E-state index contributed by atoms with van der Waals surface area (Å²) in [6, 6.07) is 8.28. The molecular formula is C16H17N5O3.